The van der Waals surface area contributed by atoms with Crippen LogP contribution in [0.25, 0.3) is 11.3 Å². The van der Waals surface area contributed by atoms with E-state index in [-0.39, 0.29) is 17.7 Å². The van der Waals surface area contributed by atoms with Crippen LogP contribution in [0.2, 0.25) is 0 Å². The Hall–Kier alpha value is -4.39. The smallest absolute Gasteiger partial charge is 0.259 e. The maximum Gasteiger partial charge on any atom is 0.259 e. The highest BCUT2D eigenvalue weighted by Gasteiger charge is 2.29. The Morgan fingerprint density at radius 2 is 1.75 bits per heavy atom. The lowest BCUT2D eigenvalue weighted by atomic mass is 10.1. The molecular formula is C29H28N4O3. The van der Waals surface area contributed by atoms with Crippen LogP contribution >= 0.6 is 0 Å². The fraction of sp³-hybridized carbons (Fsp3) is 0.207. The van der Waals surface area contributed by atoms with E-state index in [9.17, 15) is 9.59 Å². The lowest BCUT2D eigenvalue weighted by Crippen LogP contribution is -2.15. The minimum Gasteiger partial charge on any atom is -0.497 e. The Bertz CT molecular complexity index is 1390. The number of nitrogens with zero attached hydrogens (tertiary/aromatic N) is 2. The standard InChI is InChI=1S/C29H28N4O3/c1-19-8-13-23(30-28(34)22-9-10-22)16-26(19)31-29(35)25-18-33(17-20-6-4-3-5-7-20)32-27(25)21-11-14-24(36-2)15-12-21/h3-8,11-16,18,22H,9-10,17H2,1-2H3,(H,30,34)(H,31,35). The van der Waals surface area contributed by atoms with Crippen molar-refractivity contribution in [2.24, 2.45) is 5.92 Å². The summed E-state index contributed by atoms with van der Waals surface area (Å²) in [6.45, 7) is 2.46. The number of amides is 2. The maximum atomic E-state index is 13.5. The second kappa shape index (κ2) is 10.1. The zero-order valence-electron chi connectivity index (χ0n) is 20.3. The molecule has 3 aromatic carbocycles. The van der Waals surface area contributed by atoms with Crippen molar-refractivity contribution >= 4 is 23.2 Å². The van der Waals surface area contributed by atoms with E-state index in [1.54, 1.807) is 24.1 Å². The molecule has 36 heavy (non-hydrogen) atoms. The number of benzene rings is 3. The third kappa shape index (κ3) is 5.30. The quantitative estimate of drug-likeness (QED) is 0.348. The van der Waals surface area contributed by atoms with Crippen molar-refractivity contribution < 1.29 is 14.3 Å². The summed E-state index contributed by atoms with van der Waals surface area (Å²) in [5.41, 5.74) is 5.16. The van der Waals surface area contributed by atoms with Gasteiger partial charge in [0.05, 0.1) is 19.2 Å². The number of rotatable bonds is 8. The molecule has 0 unspecified atom stereocenters. The van der Waals surface area contributed by atoms with Crippen LogP contribution in [0.4, 0.5) is 11.4 Å². The van der Waals surface area contributed by atoms with Gasteiger partial charge in [0.1, 0.15) is 11.4 Å². The Labute approximate surface area is 210 Å². The number of nitrogens with one attached hydrogen (secondary N) is 2. The Morgan fingerprint density at radius 1 is 1.00 bits per heavy atom. The number of hydrogen-bond acceptors (Lipinski definition) is 4. The molecule has 1 aliphatic carbocycles. The average molecular weight is 481 g/mol. The molecule has 0 bridgehead atoms. The van der Waals surface area contributed by atoms with Gasteiger partial charge in [-0.25, -0.2) is 0 Å². The van der Waals surface area contributed by atoms with Gasteiger partial charge in [-0.15, -0.1) is 0 Å². The molecule has 1 heterocycles. The highest BCUT2D eigenvalue weighted by molar-refractivity contribution is 6.08. The predicted octanol–water partition coefficient (Wildman–Crippen LogP) is 5.52. The zero-order valence-corrected chi connectivity index (χ0v) is 20.3. The lowest BCUT2D eigenvalue weighted by Gasteiger charge is -2.12. The molecule has 1 aromatic heterocycles. The first-order valence-electron chi connectivity index (χ1n) is 12.0. The SMILES string of the molecule is COc1ccc(-c2nn(Cc3ccccc3)cc2C(=O)Nc2cc(NC(=O)C3CC3)ccc2C)cc1. The number of aryl methyl sites for hydroxylation is 1. The van der Waals surface area contributed by atoms with Crippen LogP contribution in [0, 0.1) is 12.8 Å². The van der Waals surface area contributed by atoms with Crippen molar-refractivity contribution in [3.8, 4) is 17.0 Å². The number of methoxy groups -OCH3 is 1. The zero-order chi connectivity index (χ0) is 25.1. The number of carbonyl (C=O) groups is 2. The van der Waals surface area contributed by atoms with Crippen LogP contribution in [-0.4, -0.2) is 28.7 Å². The molecule has 5 rings (SSSR count). The van der Waals surface area contributed by atoms with Crippen LogP contribution in [0.15, 0.2) is 79.0 Å². The van der Waals surface area contributed by atoms with Gasteiger partial charge in [-0.1, -0.05) is 36.4 Å². The second-order valence-corrected chi connectivity index (χ2v) is 9.05. The van der Waals surface area contributed by atoms with Crippen LogP contribution in [0.1, 0.15) is 34.3 Å². The normalized spacial score (nSPS) is 12.7. The van der Waals surface area contributed by atoms with E-state index in [1.807, 2.05) is 73.7 Å². The minimum atomic E-state index is -0.270. The molecule has 0 saturated heterocycles. The van der Waals surface area contributed by atoms with Gasteiger partial charge >= 0.3 is 0 Å². The third-order valence-electron chi connectivity index (χ3n) is 6.26. The summed E-state index contributed by atoms with van der Waals surface area (Å²) >= 11 is 0. The van der Waals surface area contributed by atoms with E-state index >= 15 is 0 Å². The molecule has 0 aliphatic heterocycles. The number of hydrogen-bond donors (Lipinski definition) is 2. The summed E-state index contributed by atoms with van der Waals surface area (Å²) in [4.78, 5) is 25.7. The minimum absolute atomic E-state index is 0.0279. The molecule has 7 heteroatoms. The first kappa shape index (κ1) is 23.4. The van der Waals surface area contributed by atoms with E-state index in [1.165, 1.54) is 0 Å². The molecular weight excluding hydrogens is 452 g/mol. The van der Waals surface area contributed by atoms with E-state index in [0.29, 0.717) is 29.2 Å². The predicted molar refractivity (Wildman–Crippen MR) is 140 cm³/mol. The van der Waals surface area contributed by atoms with Gasteiger partial charge < -0.3 is 15.4 Å². The fourth-order valence-corrected chi connectivity index (χ4v) is 4.02. The van der Waals surface area contributed by atoms with Crippen molar-refractivity contribution in [2.75, 3.05) is 17.7 Å². The van der Waals surface area contributed by atoms with Gasteiger partial charge in [0.2, 0.25) is 5.91 Å². The van der Waals surface area contributed by atoms with Gasteiger partial charge in [-0.2, -0.15) is 5.10 Å². The van der Waals surface area contributed by atoms with Gasteiger partial charge in [-0.05, 0) is 67.3 Å². The number of carbonyl (C=O) groups excluding carboxylic acids is 2. The number of aromatic nitrogens is 2. The largest absolute Gasteiger partial charge is 0.497 e. The molecule has 0 spiro atoms. The molecule has 4 aromatic rings. The molecule has 1 aliphatic rings. The van der Waals surface area contributed by atoms with E-state index in [4.69, 9.17) is 9.84 Å². The fourth-order valence-electron chi connectivity index (χ4n) is 4.02. The molecule has 2 amide bonds. The van der Waals surface area contributed by atoms with Gasteiger partial charge in [0, 0.05) is 29.1 Å². The Morgan fingerprint density at radius 3 is 2.44 bits per heavy atom. The molecule has 0 radical (unpaired) electrons. The highest BCUT2D eigenvalue weighted by atomic mass is 16.5. The van der Waals surface area contributed by atoms with Crippen molar-refractivity contribution in [1.29, 1.82) is 0 Å². The van der Waals surface area contributed by atoms with Gasteiger partial charge in [0.25, 0.3) is 5.91 Å². The summed E-state index contributed by atoms with van der Waals surface area (Å²) in [5, 5.41) is 10.7. The van der Waals surface area contributed by atoms with E-state index in [2.05, 4.69) is 10.6 Å². The van der Waals surface area contributed by atoms with Crippen molar-refractivity contribution in [1.82, 2.24) is 9.78 Å². The Kier molecular flexibility index (Phi) is 6.54. The van der Waals surface area contributed by atoms with E-state index in [0.717, 1.165) is 35.3 Å². The van der Waals surface area contributed by atoms with Gasteiger partial charge in [0.15, 0.2) is 0 Å². The molecule has 1 saturated carbocycles. The summed E-state index contributed by atoms with van der Waals surface area (Å²) < 4.78 is 7.06. The van der Waals surface area contributed by atoms with Crippen molar-refractivity contribution in [3.63, 3.8) is 0 Å². The van der Waals surface area contributed by atoms with Crippen LogP contribution in [-0.2, 0) is 11.3 Å². The van der Waals surface area contributed by atoms with Crippen LogP contribution in [0.3, 0.4) is 0 Å². The summed E-state index contributed by atoms with van der Waals surface area (Å²) in [5.74, 6) is 0.593. The molecule has 7 nitrogen and oxygen atoms in total. The Balaban J connectivity index is 1.44. The summed E-state index contributed by atoms with van der Waals surface area (Å²) in [6.07, 6.45) is 3.64. The summed E-state index contributed by atoms with van der Waals surface area (Å²) in [6, 6.07) is 23.0. The second-order valence-electron chi connectivity index (χ2n) is 9.05. The molecule has 1 fully saturated rings. The van der Waals surface area contributed by atoms with E-state index < -0.39 is 0 Å². The lowest BCUT2D eigenvalue weighted by molar-refractivity contribution is -0.117. The maximum absolute atomic E-state index is 13.5. The summed E-state index contributed by atoms with van der Waals surface area (Å²) in [7, 11) is 1.62. The van der Waals surface area contributed by atoms with Gasteiger partial charge in [-0.3, -0.25) is 14.3 Å². The number of anilines is 2. The first-order valence-corrected chi connectivity index (χ1v) is 12.0. The third-order valence-corrected chi connectivity index (χ3v) is 6.26. The monoisotopic (exact) mass is 480 g/mol. The molecule has 2 N–H and O–H groups in total. The molecule has 0 atom stereocenters. The highest BCUT2D eigenvalue weighted by Crippen LogP contribution is 2.31. The van der Waals surface area contributed by atoms with Crippen molar-refractivity contribution in [3.05, 3.63) is 95.7 Å². The average Bonchev–Trinajstić information content (AvgIpc) is 3.67. The first-order chi connectivity index (χ1) is 17.5. The number of ether oxygens (including phenoxy) is 1. The molecule has 182 valence electrons. The van der Waals surface area contributed by atoms with Crippen molar-refractivity contribution in [2.45, 2.75) is 26.3 Å². The van der Waals surface area contributed by atoms with Crippen LogP contribution < -0.4 is 15.4 Å². The van der Waals surface area contributed by atoms with Crippen LogP contribution in [0.5, 0.6) is 5.75 Å². The topological polar surface area (TPSA) is 85.2 Å².